The minimum atomic E-state index is 0.743. The molecule has 0 aliphatic heterocycles. The van der Waals surface area contributed by atoms with Crippen molar-refractivity contribution >= 4 is 103 Å². The molecule has 0 atom stereocenters. The summed E-state index contributed by atoms with van der Waals surface area (Å²) in [5, 5.41) is 12.6. The van der Waals surface area contributed by atoms with Gasteiger partial charge in [-0.2, -0.15) is 0 Å². The van der Waals surface area contributed by atoms with Crippen molar-refractivity contribution in [1.82, 2.24) is 4.57 Å². The molecule has 2 aromatic heterocycles. The topological polar surface area (TPSA) is 17.3 Å². The Morgan fingerprint density at radius 2 is 1.22 bits per heavy atom. The Morgan fingerprint density at radius 1 is 0.556 bits per heavy atom. The molecule has 11 aromatic rings. The van der Waals surface area contributed by atoms with E-state index in [2.05, 4.69) is 213 Å². The fourth-order valence-corrected chi connectivity index (χ4v) is 11.0. The third kappa shape index (κ3) is 6.85. The summed E-state index contributed by atoms with van der Waals surface area (Å²) < 4.78 is 5.14. The maximum absolute atomic E-state index is 5.95. The fourth-order valence-electron chi connectivity index (χ4n) is 9.75. The SMILES string of the molecule is CCC/C=C(/N=C(C/C(CC)=C(\C)c1ccccc1)c1ccc2ccccc2c1)c1ccc2c(sc3ccccc32)c1-n1c2cc3ccccc3cc2c2c3ccccc3ccc21. The van der Waals surface area contributed by atoms with Gasteiger partial charge in [0.2, 0.25) is 0 Å². The van der Waals surface area contributed by atoms with Gasteiger partial charge in [0.05, 0.1) is 32.8 Å². The highest BCUT2D eigenvalue weighted by atomic mass is 32.1. The summed E-state index contributed by atoms with van der Waals surface area (Å²) in [6.45, 7) is 6.84. The molecule has 0 aliphatic carbocycles. The number of aromatic nitrogens is 1. The number of allylic oxidation sites excluding steroid dienone is 3. The van der Waals surface area contributed by atoms with Crippen molar-refractivity contribution < 1.29 is 0 Å². The van der Waals surface area contributed by atoms with E-state index < -0.39 is 0 Å². The molecule has 2 nitrogen and oxygen atoms in total. The van der Waals surface area contributed by atoms with E-state index in [1.54, 1.807) is 0 Å². The van der Waals surface area contributed by atoms with Crippen molar-refractivity contribution in [2.24, 2.45) is 4.99 Å². The van der Waals surface area contributed by atoms with Crippen LogP contribution in [0.1, 0.15) is 63.1 Å². The van der Waals surface area contributed by atoms with Crippen LogP contribution in [0.3, 0.4) is 0 Å². The van der Waals surface area contributed by atoms with E-state index in [0.717, 1.165) is 48.2 Å². The van der Waals surface area contributed by atoms with E-state index in [-0.39, 0.29) is 0 Å². The van der Waals surface area contributed by atoms with Gasteiger partial charge in [-0.1, -0.05) is 178 Å². The predicted molar refractivity (Wildman–Crippen MR) is 276 cm³/mol. The quantitative estimate of drug-likeness (QED) is 0.122. The van der Waals surface area contributed by atoms with Gasteiger partial charge in [0.1, 0.15) is 0 Å². The summed E-state index contributed by atoms with van der Waals surface area (Å²) in [4.78, 5) is 5.95. The molecule has 0 radical (unpaired) electrons. The third-order valence-corrected chi connectivity index (χ3v) is 14.2. The third-order valence-electron chi connectivity index (χ3n) is 13.1. The first-order valence-corrected chi connectivity index (χ1v) is 23.2. The molecule has 2 heterocycles. The van der Waals surface area contributed by atoms with E-state index in [1.165, 1.54) is 96.7 Å². The summed E-state index contributed by atoms with van der Waals surface area (Å²) in [7, 11) is 0. The van der Waals surface area contributed by atoms with Crippen LogP contribution in [0.15, 0.2) is 199 Å². The van der Waals surface area contributed by atoms with Gasteiger partial charge in [0.25, 0.3) is 0 Å². The van der Waals surface area contributed by atoms with Crippen molar-refractivity contribution in [3.63, 3.8) is 0 Å². The van der Waals surface area contributed by atoms with Gasteiger partial charge in [-0.05, 0) is 105 Å². The lowest BCUT2D eigenvalue weighted by molar-refractivity contribution is 0.958. The van der Waals surface area contributed by atoms with Gasteiger partial charge in [0, 0.05) is 38.2 Å². The second-order valence-electron chi connectivity index (χ2n) is 16.8. The first kappa shape index (κ1) is 38.8. The van der Waals surface area contributed by atoms with Gasteiger partial charge in [-0.15, -0.1) is 11.3 Å². The Hall–Kier alpha value is -7.07. The molecule has 0 spiro atoms. The Kier molecular flexibility index (Phi) is 10.1. The second-order valence-corrected chi connectivity index (χ2v) is 17.8. The van der Waals surface area contributed by atoms with Crippen LogP contribution in [0.25, 0.3) is 91.3 Å². The summed E-state index contributed by atoms with van der Waals surface area (Å²) >= 11 is 1.89. The molecule has 304 valence electrons. The first-order chi connectivity index (χ1) is 31.1. The first-order valence-electron chi connectivity index (χ1n) is 22.4. The van der Waals surface area contributed by atoms with Gasteiger partial charge in [-0.3, -0.25) is 4.99 Å². The molecule has 63 heavy (non-hydrogen) atoms. The highest BCUT2D eigenvalue weighted by molar-refractivity contribution is 7.26. The molecule has 0 unspecified atom stereocenters. The zero-order chi connectivity index (χ0) is 42.4. The van der Waals surface area contributed by atoms with Crippen LogP contribution in [0.2, 0.25) is 0 Å². The second kappa shape index (κ2) is 16.3. The minimum absolute atomic E-state index is 0.743. The predicted octanol–water partition coefficient (Wildman–Crippen LogP) is 17.5. The molecule has 0 fully saturated rings. The number of fused-ring (bicyclic) bond motifs is 10. The highest BCUT2D eigenvalue weighted by Crippen LogP contribution is 2.46. The molecule has 0 bridgehead atoms. The Bertz CT molecular complexity index is 3650. The number of hydrogen-bond acceptors (Lipinski definition) is 2. The number of thiophene rings is 1. The van der Waals surface area contributed by atoms with Crippen molar-refractivity contribution in [1.29, 1.82) is 0 Å². The fraction of sp³-hybridized carbons (Fsp3) is 0.117. The van der Waals surface area contributed by atoms with Crippen molar-refractivity contribution in [3.05, 3.63) is 210 Å². The Labute approximate surface area is 372 Å². The number of nitrogens with zero attached hydrogens (tertiary/aromatic N) is 2. The molecular formula is C60H48N2S. The van der Waals surface area contributed by atoms with Crippen LogP contribution in [-0.4, -0.2) is 10.3 Å². The summed E-state index contributed by atoms with van der Waals surface area (Å²) in [5.74, 6) is 0. The molecule has 0 saturated heterocycles. The average Bonchev–Trinajstić information content (AvgIpc) is 3.88. The number of unbranched alkanes of at least 4 members (excludes halogenated alkanes) is 1. The standard InChI is InChI=1S/C60H48N2S/c1-4-6-27-53(61-54(47-30-29-42-20-10-11-22-44(42)35-47)37-40(5-2)39(3)41-18-8-7-9-19-41)51-33-32-50-49-26-16-17-28-57(49)63-60(50)59(51)62-55-34-31-43-21-14-15-25-48(43)58(55)52-36-45-23-12-13-24-46(45)38-56(52)62/h7-36,38H,4-6,37H2,1-3H3/b40-39+,53-27+,61-54?. The van der Waals surface area contributed by atoms with Crippen molar-refractivity contribution in [2.45, 2.75) is 46.5 Å². The highest BCUT2D eigenvalue weighted by Gasteiger charge is 2.24. The lowest BCUT2D eigenvalue weighted by Gasteiger charge is -2.19. The molecule has 0 amide bonds. The van der Waals surface area contributed by atoms with E-state index in [4.69, 9.17) is 4.99 Å². The average molecular weight is 829 g/mol. The van der Waals surface area contributed by atoms with Crippen LogP contribution in [0.5, 0.6) is 0 Å². The van der Waals surface area contributed by atoms with Gasteiger partial charge < -0.3 is 4.57 Å². The van der Waals surface area contributed by atoms with Gasteiger partial charge >= 0.3 is 0 Å². The molecule has 9 aromatic carbocycles. The van der Waals surface area contributed by atoms with Crippen LogP contribution in [0.4, 0.5) is 0 Å². The summed E-state index contributed by atoms with van der Waals surface area (Å²) in [6.07, 6.45) is 6.01. The van der Waals surface area contributed by atoms with E-state index in [0.29, 0.717) is 0 Å². The van der Waals surface area contributed by atoms with Crippen LogP contribution in [0, 0.1) is 0 Å². The molecule has 0 aliphatic rings. The maximum atomic E-state index is 5.95. The molecular weight excluding hydrogens is 781 g/mol. The Morgan fingerprint density at radius 3 is 2.00 bits per heavy atom. The zero-order valence-electron chi connectivity index (χ0n) is 36.0. The lowest BCUT2D eigenvalue weighted by atomic mass is 9.92. The summed E-state index contributed by atoms with van der Waals surface area (Å²) in [5.41, 5.74) is 12.0. The van der Waals surface area contributed by atoms with Crippen molar-refractivity contribution in [3.8, 4) is 5.69 Å². The molecule has 3 heteroatoms. The largest absolute Gasteiger partial charge is 0.307 e. The number of rotatable bonds is 10. The van der Waals surface area contributed by atoms with Gasteiger partial charge in [-0.25, -0.2) is 0 Å². The van der Waals surface area contributed by atoms with E-state index >= 15 is 0 Å². The smallest absolute Gasteiger partial charge is 0.0734 e. The normalized spacial score (nSPS) is 13.1. The molecule has 11 rings (SSSR count). The van der Waals surface area contributed by atoms with Gasteiger partial charge in [0.15, 0.2) is 0 Å². The number of hydrogen-bond donors (Lipinski definition) is 0. The maximum Gasteiger partial charge on any atom is 0.0734 e. The minimum Gasteiger partial charge on any atom is -0.307 e. The van der Waals surface area contributed by atoms with Crippen molar-refractivity contribution in [2.75, 3.05) is 0 Å². The monoisotopic (exact) mass is 828 g/mol. The number of benzene rings is 9. The van der Waals surface area contributed by atoms with E-state index in [9.17, 15) is 0 Å². The van der Waals surface area contributed by atoms with Crippen LogP contribution in [-0.2, 0) is 0 Å². The summed E-state index contributed by atoms with van der Waals surface area (Å²) in [6, 6.07) is 67.2. The van der Waals surface area contributed by atoms with Crippen LogP contribution < -0.4 is 0 Å². The lowest BCUT2D eigenvalue weighted by Crippen LogP contribution is -2.06. The zero-order valence-corrected chi connectivity index (χ0v) is 36.8. The number of aliphatic imine (C=N–C) groups is 1. The molecule has 0 N–H and O–H groups in total. The van der Waals surface area contributed by atoms with E-state index in [1.807, 2.05) is 11.3 Å². The Balaban J connectivity index is 1.24. The molecule has 0 saturated carbocycles. The van der Waals surface area contributed by atoms with Crippen LogP contribution >= 0.6 is 11.3 Å².